The molecule has 7 nitrogen and oxygen atoms in total. The van der Waals surface area contributed by atoms with Crippen LogP contribution >= 0.6 is 0 Å². The van der Waals surface area contributed by atoms with Crippen LogP contribution in [-0.2, 0) is 9.59 Å². The Bertz CT molecular complexity index is 736. The minimum atomic E-state index is -0.463. The van der Waals surface area contributed by atoms with Crippen LogP contribution in [0.3, 0.4) is 0 Å². The molecule has 2 aliphatic heterocycles. The van der Waals surface area contributed by atoms with E-state index in [2.05, 4.69) is 0 Å². The SMILES string of the molecule is CC(=O)C1=CN2C(=O)CC(C)(C)N2C1c1ccc([N+](=O)[O-])cc1. The van der Waals surface area contributed by atoms with Gasteiger partial charge >= 0.3 is 0 Å². The van der Waals surface area contributed by atoms with Crippen LogP contribution < -0.4 is 0 Å². The van der Waals surface area contributed by atoms with Gasteiger partial charge in [0.1, 0.15) is 0 Å². The lowest BCUT2D eigenvalue weighted by Crippen LogP contribution is -2.44. The van der Waals surface area contributed by atoms with Crippen LogP contribution in [0.5, 0.6) is 0 Å². The van der Waals surface area contributed by atoms with Crippen molar-refractivity contribution in [2.75, 3.05) is 0 Å². The third-order valence-electron chi connectivity index (χ3n) is 4.32. The smallest absolute Gasteiger partial charge is 0.269 e. The molecular formula is C16H17N3O4. The molecule has 0 radical (unpaired) electrons. The summed E-state index contributed by atoms with van der Waals surface area (Å²) in [5, 5.41) is 14.2. The highest BCUT2D eigenvalue weighted by molar-refractivity contribution is 5.96. The Labute approximate surface area is 133 Å². The van der Waals surface area contributed by atoms with Crippen molar-refractivity contribution in [2.45, 2.75) is 38.8 Å². The Morgan fingerprint density at radius 1 is 1.30 bits per heavy atom. The maximum Gasteiger partial charge on any atom is 0.269 e. The minimum Gasteiger partial charge on any atom is -0.295 e. The summed E-state index contributed by atoms with van der Waals surface area (Å²) in [5.41, 5.74) is 0.827. The number of ketones is 1. The standard InChI is InChI=1S/C16H17N3O4/c1-10(20)13-9-17-14(21)8-16(2,3)18(17)15(13)11-4-6-12(7-5-11)19(22)23/h4-7,9,15H,8H2,1-3H3. The minimum absolute atomic E-state index is 0.00582. The van der Waals surface area contributed by atoms with E-state index < -0.39 is 16.5 Å². The summed E-state index contributed by atoms with van der Waals surface area (Å²) in [6.07, 6.45) is 1.95. The van der Waals surface area contributed by atoms with E-state index in [-0.39, 0.29) is 17.4 Å². The Morgan fingerprint density at radius 2 is 1.91 bits per heavy atom. The monoisotopic (exact) mass is 315 g/mol. The third kappa shape index (κ3) is 2.33. The van der Waals surface area contributed by atoms with Gasteiger partial charge in [-0.05, 0) is 26.3 Å². The molecule has 1 aromatic rings. The molecule has 1 fully saturated rings. The predicted molar refractivity (Wildman–Crippen MR) is 82.0 cm³/mol. The number of hydrogen-bond acceptors (Lipinski definition) is 5. The molecule has 1 amide bonds. The number of fused-ring (bicyclic) bond motifs is 1. The summed E-state index contributed by atoms with van der Waals surface area (Å²) >= 11 is 0. The molecule has 7 heteroatoms. The van der Waals surface area contributed by atoms with Gasteiger partial charge in [-0.1, -0.05) is 12.1 Å². The number of hydrazine groups is 1. The van der Waals surface area contributed by atoms with E-state index in [0.717, 1.165) is 5.56 Å². The average molecular weight is 315 g/mol. The van der Waals surface area contributed by atoms with Gasteiger partial charge in [-0.15, -0.1) is 0 Å². The fraction of sp³-hybridized carbons (Fsp3) is 0.375. The Kier molecular flexibility index (Phi) is 3.33. The lowest BCUT2D eigenvalue weighted by molar-refractivity contribution is -0.384. The van der Waals surface area contributed by atoms with E-state index in [0.29, 0.717) is 12.0 Å². The van der Waals surface area contributed by atoms with Crippen molar-refractivity contribution in [3.8, 4) is 0 Å². The van der Waals surface area contributed by atoms with Crippen molar-refractivity contribution in [1.82, 2.24) is 10.0 Å². The van der Waals surface area contributed by atoms with Gasteiger partial charge in [0.25, 0.3) is 5.69 Å². The molecular weight excluding hydrogens is 298 g/mol. The zero-order chi connectivity index (χ0) is 16.9. The van der Waals surface area contributed by atoms with Crippen molar-refractivity contribution in [3.63, 3.8) is 0 Å². The number of nitro benzene ring substituents is 1. The van der Waals surface area contributed by atoms with Gasteiger partial charge in [0.2, 0.25) is 5.91 Å². The molecule has 0 aromatic heterocycles. The Hall–Kier alpha value is -2.54. The summed E-state index contributed by atoms with van der Waals surface area (Å²) < 4.78 is 0. The number of nitrogens with zero attached hydrogens (tertiary/aromatic N) is 3. The maximum atomic E-state index is 12.2. The van der Waals surface area contributed by atoms with Crippen LogP contribution in [0, 0.1) is 10.1 Å². The molecule has 0 aliphatic carbocycles. The number of carbonyl (C=O) groups excluding carboxylic acids is 2. The highest BCUT2D eigenvalue weighted by atomic mass is 16.6. The van der Waals surface area contributed by atoms with E-state index in [1.165, 1.54) is 24.1 Å². The highest BCUT2D eigenvalue weighted by Gasteiger charge is 2.52. The van der Waals surface area contributed by atoms with Crippen molar-refractivity contribution in [3.05, 3.63) is 51.7 Å². The number of Topliss-reactive ketones (excluding diaryl/α,β-unsaturated/α-hetero) is 1. The first-order valence-corrected chi connectivity index (χ1v) is 7.31. The lowest BCUT2D eigenvalue weighted by atomic mass is 9.92. The molecule has 1 saturated heterocycles. The number of benzene rings is 1. The quantitative estimate of drug-likeness (QED) is 0.631. The molecule has 2 heterocycles. The van der Waals surface area contributed by atoms with Gasteiger partial charge in [0, 0.05) is 35.9 Å². The molecule has 120 valence electrons. The van der Waals surface area contributed by atoms with Crippen LogP contribution in [0.1, 0.15) is 38.8 Å². The van der Waals surface area contributed by atoms with Gasteiger partial charge in [-0.2, -0.15) is 5.01 Å². The normalized spacial score (nSPS) is 22.9. The summed E-state index contributed by atoms with van der Waals surface area (Å²) in [5.74, 6) is -0.176. The van der Waals surface area contributed by atoms with Crippen LogP contribution in [0.25, 0.3) is 0 Å². The van der Waals surface area contributed by atoms with Crippen LogP contribution in [-0.4, -0.2) is 32.2 Å². The van der Waals surface area contributed by atoms with E-state index in [1.54, 1.807) is 18.3 Å². The second-order valence-corrected chi connectivity index (χ2v) is 6.46. The topological polar surface area (TPSA) is 83.8 Å². The molecule has 1 atom stereocenters. The molecule has 0 spiro atoms. The molecule has 0 N–H and O–H groups in total. The molecule has 1 unspecified atom stereocenters. The van der Waals surface area contributed by atoms with Gasteiger partial charge in [-0.3, -0.25) is 19.7 Å². The summed E-state index contributed by atoms with van der Waals surface area (Å²) in [6, 6.07) is 5.71. The fourth-order valence-electron chi connectivity index (χ4n) is 3.27. The first-order chi connectivity index (χ1) is 10.7. The molecule has 1 aromatic carbocycles. The van der Waals surface area contributed by atoms with Gasteiger partial charge in [-0.25, -0.2) is 5.01 Å². The predicted octanol–water partition coefficient (Wildman–Crippen LogP) is 2.35. The van der Waals surface area contributed by atoms with Crippen molar-refractivity contribution >= 4 is 17.4 Å². The van der Waals surface area contributed by atoms with Crippen LogP contribution in [0.4, 0.5) is 5.69 Å². The molecule has 23 heavy (non-hydrogen) atoms. The van der Waals surface area contributed by atoms with Crippen LogP contribution in [0.2, 0.25) is 0 Å². The lowest BCUT2D eigenvalue weighted by Gasteiger charge is -2.36. The van der Waals surface area contributed by atoms with E-state index in [1.807, 2.05) is 18.9 Å². The van der Waals surface area contributed by atoms with E-state index >= 15 is 0 Å². The zero-order valence-corrected chi connectivity index (χ0v) is 13.1. The number of carbonyl (C=O) groups is 2. The summed E-state index contributed by atoms with van der Waals surface area (Å²) in [6.45, 7) is 5.35. The van der Waals surface area contributed by atoms with Gasteiger partial charge in [0.15, 0.2) is 5.78 Å². The molecule has 0 saturated carbocycles. The molecule has 0 bridgehead atoms. The second kappa shape index (κ2) is 4.99. The Morgan fingerprint density at radius 3 is 2.43 bits per heavy atom. The van der Waals surface area contributed by atoms with Crippen LogP contribution in [0.15, 0.2) is 36.0 Å². The van der Waals surface area contributed by atoms with Crippen molar-refractivity contribution in [2.24, 2.45) is 0 Å². The first-order valence-electron chi connectivity index (χ1n) is 7.31. The fourth-order valence-corrected chi connectivity index (χ4v) is 3.27. The number of hydrogen-bond donors (Lipinski definition) is 0. The number of nitro groups is 1. The highest BCUT2D eigenvalue weighted by Crippen LogP contribution is 2.46. The average Bonchev–Trinajstić information content (AvgIpc) is 2.97. The third-order valence-corrected chi connectivity index (χ3v) is 4.32. The number of non-ortho nitro benzene ring substituents is 1. The first kappa shape index (κ1) is 15.4. The molecule has 2 aliphatic rings. The zero-order valence-electron chi connectivity index (χ0n) is 13.1. The Balaban J connectivity index is 2.07. The summed E-state index contributed by atoms with van der Waals surface area (Å²) in [7, 11) is 0. The number of rotatable bonds is 3. The largest absolute Gasteiger partial charge is 0.295 e. The van der Waals surface area contributed by atoms with E-state index in [9.17, 15) is 19.7 Å². The van der Waals surface area contributed by atoms with E-state index in [4.69, 9.17) is 0 Å². The van der Waals surface area contributed by atoms with Gasteiger partial charge < -0.3 is 0 Å². The second-order valence-electron chi connectivity index (χ2n) is 6.46. The van der Waals surface area contributed by atoms with Crippen molar-refractivity contribution < 1.29 is 14.5 Å². The summed E-state index contributed by atoms with van der Waals surface area (Å²) in [4.78, 5) is 34.6. The van der Waals surface area contributed by atoms with Gasteiger partial charge in [0.05, 0.1) is 11.0 Å². The number of amides is 1. The van der Waals surface area contributed by atoms with Crippen molar-refractivity contribution in [1.29, 1.82) is 0 Å². The molecule has 3 rings (SSSR count). The maximum absolute atomic E-state index is 12.2.